The third kappa shape index (κ3) is 5.33. The number of rotatable bonds is 6. The van der Waals surface area contributed by atoms with E-state index in [1.807, 2.05) is 55.5 Å². The number of hydrogen-bond donors (Lipinski definition) is 1. The van der Waals surface area contributed by atoms with Crippen LogP contribution in [0.15, 0.2) is 84.9 Å². The second-order valence-corrected chi connectivity index (χ2v) is 6.71. The van der Waals surface area contributed by atoms with E-state index in [-0.39, 0.29) is 11.8 Å². The number of carbonyl (C=O) groups excluding carboxylic acids is 2. The Hall–Kier alpha value is -3.37. The van der Waals surface area contributed by atoms with Gasteiger partial charge in [0.1, 0.15) is 0 Å². The van der Waals surface area contributed by atoms with E-state index in [0.717, 1.165) is 11.3 Å². The van der Waals surface area contributed by atoms with Crippen LogP contribution in [0, 0.1) is 0 Å². The summed E-state index contributed by atoms with van der Waals surface area (Å²) in [6, 6.07) is 23.7. The van der Waals surface area contributed by atoms with Crippen molar-refractivity contribution in [2.45, 2.75) is 6.92 Å². The maximum Gasteiger partial charge on any atom is 0.258 e. The van der Waals surface area contributed by atoms with E-state index in [4.69, 9.17) is 11.6 Å². The van der Waals surface area contributed by atoms with Crippen LogP contribution in [0.4, 0.5) is 11.4 Å². The second kappa shape index (κ2) is 9.71. The molecule has 0 radical (unpaired) electrons. The van der Waals surface area contributed by atoms with Crippen molar-refractivity contribution >= 4 is 40.9 Å². The summed E-state index contributed by atoms with van der Waals surface area (Å²) in [5, 5.41) is 3.36. The van der Waals surface area contributed by atoms with Crippen LogP contribution in [0.3, 0.4) is 0 Å². The Kier molecular flexibility index (Phi) is 6.82. The van der Waals surface area contributed by atoms with E-state index >= 15 is 0 Å². The van der Waals surface area contributed by atoms with Crippen LogP contribution in [0.1, 0.15) is 22.8 Å². The zero-order valence-corrected chi connectivity index (χ0v) is 16.8. The van der Waals surface area contributed by atoms with Crippen LogP contribution in [-0.2, 0) is 4.79 Å². The summed E-state index contributed by atoms with van der Waals surface area (Å²) in [5.74, 6) is -0.362. The molecule has 0 atom stereocenters. The maximum atomic E-state index is 12.8. The van der Waals surface area contributed by atoms with E-state index in [1.165, 1.54) is 6.08 Å². The van der Waals surface area contributed by atoms with Gasteiger partial charge in [-0.25, -0.2) is 0 Å². The number of amides is 2. The van der Waals surface area contributed by atoms with Gasteiger partial charge in [0.15, 0.2) is 0 Å². The van der Waals surface area contributed by atoms with Crippen LogP contribution in [0.25, 0.3) is 6.08 Å². The van der Waals surface area contributed by atoms with Crippen LogP contribution in [0.5, 0.6) is 0 Å². The van der Waals surface area contributed by atoms with Crippen LogP contribution in [0.2, 0.25) is 5.02 Å². The van der Waals surface area contributed by atoms with Gasteiger partial charge in [-0.3, -0.25) is 9.59 Å². The molecular formula is C24H21ClN2O2. The molecule has 0 aliphatic carbocycles. The Balaban J connectivity index is 1.66. The quantitative estimate of drug-likeness (QED) is 0.539. The minimum atomic E-state index is -0.275. The molecule has 3 aromatic carbocycles. The van der Waals surface area contributed by atoms with Crippen molar-refractivity contribution in [3.8, 4) is 0 Å². The Labute approximate surface area is 175 Å². The lowest BCUT2D eigenvalue weighted by molar-refractivity contribution is -0.111. The molecule has 0 aromatic heterocycles. The highest BCUT2D eigenvalue weighted by atomic mass is 35.5. The SMILES string of the molecule is CCN(C(=O)c1ccc(NC(=O)/C=C/c2ccccc2Cl)cc1)c1ccccc1. The minimum absolute atomic E-state index is 0.0878. The predicted molar refractivity (Wildman–Crippen MR) is 119 cm³/mol. The molecular weight excluding hydrogens is 384 g/mol. The lowest BCUT2D eigenvalue weighted by Gasteiger charge is -2.21. The molecule has 2 amide bonds. The van der Waals surface area contributed by atoms with Crippen molar-refractivity contribution < 1.29 is 9.59 Å². The summed E-state index contributed by atoms with van der Waals surface area (Å²) in [5.41, 5.74) is 2.78. The number of anilines is 2. The molecule has 0 unspecified atom stereocenters. The Morgan fingerprint density at radius 2 is 1.59 bits per heavy atom. The first-order chi connectivity index (χ1) is 14.1. The number of nitrogens with one attached hydrogen (secondary N) is 1. The molecule has 29 heavy (non-hydrogen) atoms. The molecule has 1 N–H and O–H groups in total. The molecule has 0 heterocycles. The molecule has 0 bridgehead atoms. The monoisotopic (exact) mass is 404 g/mol. The van der Waals surface area contributed by atoms with Crippen LogP contribution < -0.4 is 10.2 Å². The normalized spacial score (nSPS) is 10.7. The third-order valence-corrected chi connectivity index (χ3v) is 4.69. The molecule has 0 aliphatic heterocycles. The fourth-order valence-electron chi connectivity index (χ4n) is 2.86. The van der Waals surface area contributed by atoms with Gasteiger partial charge in [-0.1, -0.05) is 48.0 Å². The van der Waals surface area contributed by atoms with E-state index in [2.05, 4.69) is 5.32 Å². The van der Waals surface area contributed by atoms with E-state index in [0.29, 0.717) is 22.8 Å². The zero-order chi connectivity index (χ0) is 20.6. The fraction of sp³-hybridized carbons (Fsp3) is 0.0833. The fourth-order valence-corrected chi connectivity index (χ4v) is 3.06. The van der Waals surface area contributed by atoms with Crippen molar-refractivity contribution in [1.82, 2.24) is 0 Å². The summed E-state index contributed by atoms with van der Waals surface area (Å²) in [7, 11) is 0. The van der Waals surface area contributed by atoms with E-state index < -0.39 is 0 Å². The van der Waals surface area contributed by atoms with Crippen molar-refractivity contribution in [2.24, 2.45) is 0 Å². The third-order valence-electron chi connectivity index (χ3n) is 4.35. The van der Waals surface area contributed by atoms with Crippen molar-refractivity contribution in [1.29, 1.82) is 0 Å². The van der Waals surface area contributed by atoms with Gasteiger partial charge < -0.3 is 10.2 Å². The number of nitrogens with zero attached hydrogens (tertiary/aromatic N) is 1. The summed E-state index contributed by atoms with van der Waals surface area (Å²) in [6.45, 7) is 2.50. The number of benzene rings is 3. The molecule has 5 heteroatoms. The highest BCUT2D eigenvalue weighted by Gasteiger charge is 2.15. The highest BCUT2D eigenvalue weighted by molar-refractivity contribution is 6.32. The Morgan fingerprint density at radius 1 is 0.931 bits per heavy atom. The topological polar surface area (TPSA) is 49.4 Å². The molecule has 0 aliphatic rings. The molecule has 4 nitrogen and oxygen atoms in total. The van der Waals surface area contributed by atoms with Crippen molar-refractivity contribution in [3.05, 3.63) is 101 Å². The lowest BCUT2D eigenvalue weighted by atomic mass is 10.1. The first-order valence-corrected chi connectivity index (χ1v) is 9.67. The van der Waals surface area contributed by atoms with Gasteiger partial charge >= 0.3 is 0 Å². The first-order valence-electron chi connectivity index (χ1n) is 9.29. The van der Waals surface area contributed by atoms with Gasteiger partial charge in [-0.15, -0.1) is 0 Å². The van der Waals surface area contributed by atoms with Crippen LogP contribution >= 0.6 is 11.6 Å². The van der Waals surface area contributed by atoms with Crippen molar-refractivity contribution in [2.75, 3.05) is 16.8 Å². The van der Waals surface area contributed by atoms with Gasteiger partial charge in [-0.05, 0) is 61.0 Å². The molecule has 0 fully saturated rings. The van der Waals surface area contributed by atoms with E-state index in [1.54, 1.807) is 41.3 Å². The summed E-state index contributed by atoms with van der Waals surface area (Å²) >= 11 is 6.08. The largest absolute Gasteiger partial charge is 0.323 e. The summed E-state index contributed by atoms with van der Waals surface area (Å²) in [4.78, 5) is 26.7. The predicted octanol–water partition coefficient (Wildman–Crippen LogP) is 5.66. The first kappa shape index (κ1) is 20.4. The number of para-hydroxylation sites is 1. The highest BCUT2D eigenvalue weighted by Crippen LogP contribution is 2.19. The maximum absolute atomic E-state index is 12.8. The number of hydrogen-bond acceptors (Lipinski definition) is 2. The van der Waals surface area contributed by atoms with E-state index in [9.17, 15) is 9.59 Å². The molecule has 0 saturated heterocycles. The summed E-state index contributed by atoms with van der Waals surface area (Å²) in [6.07, 6.45) is 3.09. The minimum Gasteiger partial charge on any atom is -0.323 e. The molecule has 3 rings (SSSR count). The van der Waals surface area contributed by atoms with Gasteiger partial charge in [0.2, 0.25) is 5.91 Å². The van der Waals surface area contributed by atoms with Crippen LogP contribution in [-0.4, -0.2) is 18.4 Å². The Morgan fingerprint density at radius 3 is 2.24 bits per heavy atom. The zero-order valence-electron chi connectivity index (χ0n) is 16.0. The molecule has 0 spiro atoms. The average Bonchev–Trinajstić information content (AvgIpc) is 2.75. The number of carbonyl (C=O) groups is 2. The van der Waals surface area contributed by atoms with Gasteiger partial charge in [0.25, 0.3) is 5.91 Å². The average molecular weight is 405 g/mol. The van der Waals surface area contributed by atoms with Gasteiger partial charge in [0, 0.05) is 34.6 Å². The standard InChI is InChI=1S/C24H21ClN2O2/c1-2-27(21-9-4-3-5-10-21)24(29)19-12-15-20(16-13-19)26-23(28)17-14-18-8-6-7-11-22(18)25/h3-17H,2H2,1H3,(H,26,28)/b17-14+. The summed E-state index contributed by atoms with van der Waals surface area (Å²) < 4.78 is 0. The van der Waals surface area contributed by atoms with Gasteiger partial charge in [-0.2, -0.15) is 0 Å². The van der Waals surface area contributed by atoms with Gasteiger partial charge in [0.05, 0.1) is 0 Å². The second-order valence-electron chi connectivity index (χ2n) is 6.31. The molecule has 146 valence electrons. The molecule has 0 saturated carbocycles. The Bertz CT molecular complexity index is 1010. The molecule has 3 aromatic rings. The smallest absolute Gasteiger partial charge is 0.258 e. The van der Waals surface area contributed by atoms with Crippen molar-refractivity contribution in [3.63, 3.8) is 0 Å². The lowest BCUT2D eigenvalue weighted by Crippen LogP contribution is -2.30. The number of halogens is 1.